The lowest BCUT2D eigenvalue weighted by molar-refractivity contribution is -0.131. The van der Waals surface area contributed by atoms with E-state index in [-0.39, 0.29) is 18.6 Å². The second-order valence-corrected chi connectivity index (χ2v) is 9.31. The number of rotatable bonds is 8. The highest BCUT2D eigenvalue weighted by molar-refractivity contribution is 5.88. The number of ether oxygens (including phenoxy) is 1. The zero-order valence-corrected chi connectivity index (χ0v) is 21.2. The average Bonchev–Trinajstić information content (AvgIpc) is 2.88. The summed E-state index contributed by atoms with van der Waals surface area (Å²) < 4.78 is 33.5. The van der Waals surface area contributed by atoms with Crippen LogP contribution in [0.4, 0.5) is 8.78 Å². The molecule has 2 heterocycles. The van der Waals surface area contributed by atoms with Gasteiger partial charge in [-0.2, -0.15) is 0 Å². The van der Waals surface area contributed by atoms with Gasteiger partial charge in [-0.1, -0.05) is 30.9 Å². The van der Waals surface area contributed by atoms with Gasteiger partial charge in [-0.05, 0) is 67.8 Å². The zero-order valence-electron chi connectivity index (χ0n) is 21.2. The van der Waals surface area contributed by atoms with Crippen molar-refractivity contribution in [1.29, 1.82) is 0 Å². The smallest absolute Gasteiger partial charge is 0.260 e. The maximum absolute atomic E-state index is 13.7. The molecule has 2 aromatic carbocycles. The summed E-state index contributed by atoms with van der Waals surface area (Å²) in [5, 5.41) is 1.42. The molecular formula is C29H32F2N4O2. The predicted octanol–water partition coefficient (Wildman–Crippen LogP) is 5.17. The van der Waals surface area contributed by atoms with Crippen LogP contribution in [-0.4, -0.2) is 48.3 Å². The maximum Gasteiger partial charge on any atom is 0.260 e. The number of hydrogen-bond acceptors (Lipinski definition) is 5. The summed E-state index contributed by atoms with van der Waals surface area (Å²) in [6.45, 7) is 8.30. The first-order valence-electron chi connectivity index (χ1n) is 12.4. The normalized spacial score (nSPS) is 19.6. The number of carbonyl (C=O) groups is 1. The number of benzene rings is 2. The molecule has 2 aliphatic rings. The summed E-state index contributed by atoms with van der Waals surface area (Å²) in [6, 6.07) is 10.4. The Hall–Kier alpha value is -3.62. The van der Waals surface area contributed by atoms with E-state index >= 15 is 0 Å². The molecule has 1 unspecified atom stereocenters. The van der Waals surface area contributed by atoms with Crippen LogP contribution in [0.15, 0.2) is 78.0 Å². The number of aliphatic imine (C=N–C) groups is 1. The number of carbonyl (C=O) groups excluding carboxylic acids is 1. The van der Waals surface area contributed by atoms with E-state index in [0.29, 0.717) is 17.0 Å². The van der Waals surface area contributed by atoms with E-state index in [1.54, 1.807) is 12.3 Å². The van der Waals surface area contributed by atoms with Gasteiger partial charge in [0.25, 0.3) is 5.91 Å². The minimum absolute atomic E-state index is 0.182. The Morgan fingerprint density at radius 3 is 2.62 bits per heavy atom. The second-order valence-electron chi connectivity index (χ2n) is 9.31. The van der Waals surface area contributed by atoms with Gasteiger partial charge in [-0.25, -0.2) is 14.2 Å². The van der Waals surface area contributed by atoms with E-state index in [0.717, 1.165) is 43.1 Å². The monoisotopic (exact) mass is 506 g/mol. The van der Waals surface area contributed by atoms with Gasteiger partial charge in [-0.15, -0.1) is 0 Å². The quantitative estimate of drug-likeness (QED) is 0.397. The first-order chi connectivity index (χ1) is 17.8. The van der Waals surface area contributed by atoms with Crippen molar-refractivity contribution < 1.29 is 18.3 Å². The maximum atomic E-state index is 13.7. The molecule has 1 amide bonds. The van der Waals surface area contributed by atoms with Gasteiger partial charge in [0.15, 0.2) is 0 Å². The molecule has 0 spiro atoms. The summed E-state index contributed by atoms with van der Waals surface area (Å²) in [4.78, 5) is 19.3. The van der Waals surface area contributed by atoms with E-state index in [1.165, 1.54) is 23.2 Å². The average molecular weight is 507 g/mol. The second kappa shape index (κ2) is 12.1. The number of piperidine rings is 1. The Balaban J connectivity index is 1.39. The molecule has 1 fully saturated rings. The number of nitrogens with zero attached hydrogens (tertiary/aromatic N) is 3. The standard InChI is InChI=1S/C29H32F2N4O2/c1-4-26(37-27-10-12-34(3)13-11-27)18-32-20(2)22-7-5-6-21(14-22)19-35-29(36)9-8-28(33-35)23-15-24(30)17-25(31)16-23/h4-9,14-18,27-28,33H,2,10-13,19H2,1,3H3/b26-4+,32-18?. The molecule has 2 aromatic rings. The first-order valence-corrected chi connectivity index (χ1v) is 12.4. The van der Waals surface area contributed by atoms with Crippen molar-refractivity contribution >= 4 is 17.8 Å². The molecule has 0 radical (unpaired) electrons. The van der Waals surface area contributed by atoms with Gasteiger partial charge in [0.1, 0.15) is 23.5 Å². The number of likely N-dealkylation sites (tertiary alicyclic amines) is 1. The Kier molecular flexibility index (Phi) is 8.63. The molecular weight excluding hydrogens is 474 g/mol. The lowest BCUT2D eigenvalue weighted by Crippen LogP contribution is -2.45. The predicted molar refractivity (Wildman–Crippen MR) is 141 cm³/mol. The number of amides is 1. The molecule has 0 aliphatic carbocycles. The highest BCUT2D eigenvalue weighted by Crippen LogP contribution is 2.23. The Morgan fingerprint density at radius 2 is 1.92 bits per heavy atom. The fourth-order valence-electron chi connectivity index (χ4n) is 4.32. The fourth-order valence-corrected chi connectivity index (χ4v) is 4.32. The third-order valence-electron chi connectivity index (χ3n) is 6.44. The molecule has 1 atom stereocenters. The van der Waals surface area contributed by atoms with Crippen LogP contribution in [0.5, 0.6) is 0 Å². The molecule has 194 valence electrons. The molecule has 0 saturated carbocycles. The fraction of sp³-hybridized carbons (Fsp3) is 0.310. The van der Waals surface area contributed by atoms with Crippen molar-refractivity contribution in [3.8, 4) is 0 Å². The minimum Gasteiger partial charge on any atom is -0.489 e. The molecule has 0 bridgehead atoms. The van der Waals surface area contributed by atoms with Gasteiger partial charge >= 0.3 is 0 Å². The van der Waals surface area contributed by atoms with Crippen LogP contribution >= 0.6 is 0 Å². The SMILES string of the molecule is C=C(N=C/C(=C\C)OC1CCN(C)CC1)c1cccc(CN2NC(c3cc(F)cc(F)c3)C=CC2=O)c1. The number of allylic oxidation sites excluding steroid dienone is 2. The van der Waals surface area contributed by atoms with Crippen LogP contribution in [0.2, 0.25) is 0 Å². The summed E-state index contributed by atoms with van der Waals surface area (Å²) in [7, 11) is 2.12. The highest BCUT2D eigenvalue weighted by Gasteiger charge is 2.23. The van der Waals surface area contributed by atoms with Crippen molar-refractivity contribution in [2.24, 2.45) is 4.99 Å². The number of hydrogen-bond donors (Lipinski definition) is 1. The van der Waals surface area contributed by atoms with E-state index < -0.39 is 17.7 Å². The van der Waals surface area contributed by atoms with Crippen molar-refractivity contribution in [1.82, 2.24) is 15.3 Å². The molecule has 37 heavy (non-hydrogen) atoms. The van der Waals surface area contributed by atoms with Crippen LogP contribution in [0.3, 0.4) is 0 Å². The number of halogens is 2. The first kappa shape index (κ1) is 26.4. The van der Waals surface area contributed by atoms with E-state index in [1.807, 2.05) is 37.3 Å². The number of hydrazine groups is 1. The summed E-state index contributed by atoms with van der Waals surface area (Å²) >= 11 is 0. The van der Waals surface area contributed by atoms with Crippen molar-refractivity contribution in [3.05, 3.63) is 101 Å². The van der Waals surface area contributed by atoms with E-state index in [9.17, 15) is 13.6 Å². The van der Waals surface area contributed by atoms with Crippen LogP contribution in [0.25, 0.3) is 5.70 Å². The van der Waals surface area contributed by atoms with Crippen molar-refractivity contribution in [2.75, 3.05) is 20.1 Å². The minimum atomic E-state index is -0.668. The Morgan fingerprint density at radius 1 is 1.19 bits per heavy atom. The molecule has 8 heteroatoms. The summed E-state index contributed by atoms with van der Waals surface area (Å²) in [5.74, 6) is -0.878. The van der Waals surface area contributed by atoms with Crippen LogP contribution in [-0.2, 0) is 16.1 Å². The van der Waals surface area contributed by atoms with Gasteiger partial charge in [0, 0.05) is 25.2 Å². The molecule has 2 aliphatic heterocycles. The molecule has 1 N–H and O–H groups in total. The van der Waals surface area contributed by atoms with Crippen molar-refractivity contribution in [3.63, 3.8) is 0 Å². The van der Waals surface area contributed by atoms with E-state index in [4.69, 9.17) is 4.74 Å². The number of nitrogens with one attached hydrogen (secondary N) is 1. The molecule has 1 saturated heterocycles. The lowest BCUT2D eigenvalue weighted by atomic mass is 10.0. The van der Waals surface area contributed by atoms with Crippen molar-refractivity contribution in [2.45, 2.75) is 38.5 Å². The lowest BCUT2D eigenvalue weighted by Gasteiger charge is -2.30. The third-order valence-corrected chi connectivity index (χ3v) is 6.44. The molecule has 6 nitrogen and oxygen atoms in total. The van der Waals surface area contributed by atoms with Crippen LogP contribution in [0.1, 0.15) is 42.5 Å². The topological polar surface area (TPSA) is 57.2 Å². The largest absolute Gasteiger partial charge is 0.489 e. The molecule has 0 aromatic heterocycles. The zero-order chi connectivity index (χ0) is 26.4. The van der Waals surface area contributed by atoms with Gasteiger partial charge in [0.2, 0.25) is 0 Å². The third kappa shape index (κ3) is 7.21. The Bertz CT molecular complexity index is 1210. The van der Waals surface area contributed by atoms with Gasteiger partial charge in [-0.3, -0.25) is 14.8 Å². The Labute approximate surface area is 216 Å². The summed E-state index contributed by atoms with van der Waals surface area (Å²) in [6.07, 6.45) is 8.73. The van der Waals surface area contributed by atoms with Crippen LogP contribution < -0.4 is 5.43 Å². The molecule has 4 rings (SSSR count). The van der Waals surface area contributed by atoms with Crippen LogP contribution in [0, 0.1) is 11.6 Å². The van der Waals surface area contributed by atoms with Gasteiger partial charge in [0.05, 0.1) is 24.5 Å². The highest BCUT2D eigenvalue weighted by atomic mass is 19.1. The summed E-state index contributed by atoms with van der Waals surface area (Å²) in [5.41, 5.74) is 5.67. The van der Waals surface area contributed by atoms with Gasteiger partial charge < -0.3 is 9.64 Å². The van der Waals surface area contributed by atoms with E-state index in [2.05, 4.69) is 28.9 Å².